The summed E-state index contributed by atoms with van der Waals surface area (Å²) < 4.78 is 37.8. The van der Waals surface area contributed by atoms with Crippen LogP contribution < -0.4 is 14.8 Å². The number of nitro benzene ring substituents is 1. The van der Waals surface area contributed by atoms with E-state index in [4.69, 9.17) is 9.47 Å². The lowest BCUT2D eigenvalue weighted by atomic mass is 10.1. The molecule has 2 N–H and O–H groups in total. The summed E-state index contributed by atoms with van der Waals surface area (Å²) in [6.07, 6.45) is 0. The molecule has 0 atom stereocenters. The predicted octanol–water partition coefficient (Wildman–Crippen LogP) is 4.69. The quantitative estimate of drug-likeness (QED) is 0.322. The number of hydrogen-bond acceptors (Lipinski definition) is 6. The highest BCUT2D eigenvalue weighted by molar-refractivity contribution is 6.08. The molecule has 0 aliphatic rings. The van der Waals surface area contributed by atoms with Gasteiger partial charge in [0.2, 0.25) is 0 Å². The summed E-state index contributed by atoms with van der Waals surface area (Å²) in [5, 5.41) is 14.1. The molecule has 33 heavy (non-hydrogen) atoms. The van der Waals surface area contributed by atoms with Crippen LogP contribution in [0.15, 0.2) is 48.5 Å². The van der Waals surface area contributed by atoms with Crippen LogP contribution in [0.25, 0.3) is 22.4 Å². The van der Waals surface area contributed by atoms with Gasteiger partial charge in [-0.25, -0.2) is 13.8 Å². The number of benzene rings is 3. The number of nitro groups is 1. The normalized spacial score (nSPS) is 10.8. The monoisotopic (exact) mass is 454 g/mol. The number of halogens is 2. The zero-order valence-electron chi connectivity index (χ0n) is 17.3. The maximum Gasteiger partial charge on any atom is 0.286 e. The highest BCUT2D eigenvalue weighted by Crippen LogP contribution is 2.35. The maximum absolute atomic E-state index is 14.1. The molecular weight excluding hydrogens is 438 g/mol. The number of rotatable bonds is 6. The number of ether oxygens (including phenoxy) is 2. The van der Waals surface area contributed by atoms with E-state index < -0.39 is 28.2 Å². The first-order valence-electron chi connectivity index (χ1n) is 9.47. The average molecular weight is 454 g/mol. The van der Waals surface area contributed by atoms with E-state index in [-0.39, 0.29) is 28.5 Å². The molecular formula is C22H16F2N4O5. The van der Waals surface area contributed by atoms with E-state index in [1.54, 1.807) is 6.07 Å². The fourth-order valence-corrected chi connectivity index (χ4v) is 3.29. The van der Waals surface area contributed by atoms with Gasteiger partial charge in [0.25, 0.3) is 11.6 Å². The van der Waals surface area contributed by atoms with Gasteiger partial charge in [-0.2, -0.15) is 0 Å². The molecule has 1 heterocycles. The third-order valence-corrected chi connectivity index (χ3v) is 4.87. The summed E-state index contributed by atoms with van der Waals surface area (Å²) in [7, 11) is 2.67. The van der Waals surface area contributed by atoms with Crippen molar-refractivity contribution >= 4 is 28.3 Å². The van der Waals surface area contributed by atoms with Crippen LogP contribution in [0.5, 0.6) is 11.5 Å². The Morgan fingerprint density at radius 3 is 2.48 bits per heavy atom. The Morgan fingerprint density at radius 1 is 1.06 bits per heavy atom. The van der Waals surface area contributed by atoms with Crippen LogP contribution in [0.3, 0.4) is 0 Å². The van der Waals surface area contributed by atoms with Crippen LogP contribution in [0.1, 0.15) is 10.4 Å². The summed E-state index contributed by atoms with van der Waals surface area (Å²) in [5.74, 6) is -1.64. The average Bonchev–Trinajstić information content (AvgIpc) is 3.22. The standard InChI is InChI=1S/C22H16F2N4O5/c1-32-19-9-14(18(28(30)31)10-20(19)33-2)22(29)25-12-4-6-16-17(8-12)27-21(26-16)13-7-11(23)3-5-15(13)24/h3-10H,1-2H3,(H,25,29)(H,26,27). The lowest BCUT2D eigenvalue weighted by Gasteiger charge is -2.11. The second-order valence-corrected chi connectivity index (χ2v) is 6.88. The molecule has 0 fully saturated rings. The van der Waals surface area contributed by atoms with Crippen molar-refractivity contribution in [3.63, 3.8) is 0 Å². The minimum absolute atomic E-state index is 0.0438. The van der Waals surface area contributed by atoms with Crippen LogP contribution in [-0.2, 0) is 0 Å². The molecule has 0 radical (unpaired) electrons. The van der Waals surface area contributed by atoms with Gasteiger partial charge in [-0.1, -0.05) is 0 Å². The molecule has 4 rings (SSSR count). The Labute approximate surface area is 185 Å². The van der Waals surface area contributed by atoms with Crippen molar-refractivity contribution in [2.45, 2.75) is 0 Å². The zero-order valence-corrected chi connectivity index (χ0v) is 17.3. The van der Waals surface area contributed by atoms with Crippen molar-refractivity contribution in [3.05, 3.63) is 75.8 Å². The van der Waals surface area contributed by atoms with Crippen molar-refractivity contribution < 1.29 is 28.0 Å². The number of amides is 1. The summed E-state index contributed by atoms with van der Waals surface area (Å²) >= 11 is 0. The van der Waals surface area contributed by atoms with Crippen molar-refractivity contribution in [3.8, 4) is 22.9 Å². The predicted molar refractivity (Wildman–Crippen MR) is 116 cm³/mol. The number of methoxy groups -OCH3 is 2. The first kappa shape index (κ1) is 21.7. The van der Waals surface area contributed by atoms with Crippen LogP contribution in [0.2, 0.25) is 0 Å². The summed E-state index contributed by atoms with van der Waals surface area (Å²) in [4.78, 5) is 30.7. The molecule has 168 valence electrons. The van der Waals surface area contributed by atoms with Gasteiger partial charge in [-0.3, -0.25) is 14.9 Å². The fraction of sp³-hybridized carbons (Fsp3) is 0.0909. The van der Waals surface area contributed by atoms with Crippen molar-refractivity contribution in [1.29, 1.82) is 0 Å². The first-order chi connectivity index (χ1) is 15.8. The molecule has 1 aromatic heterocycles. The smallest absolute Gasteiger partial charge is 0.286 e. The number of fused-ring (bicyclic) bond motifs is 1. The number of hydrogen-bond donors (Lipinski definition) is 2. The second-order valence-electron chi connectivity index (χ2n) is 6.88. The number of carbonyl (C=O) groups is 1. The van der Waals surface area contributed by atoms with Crippen molar-refractivity contribution in [1.82, 2.24) is 9.97 Å². The van der Waals surface area contributed by atoms with E-state index in [1.807, 2.05) is 0 Å². The number of nitrogens with zero attached hydrogens (tertiary/aromatic N) is 2. The number of aromatic nitrogens is 2. The van der Waals surface area contributed by atoms with Gasteiger partial charge in [0.15, 0.2) is 11.5 Å². The van der Waals surface area contributed by atoms with Gasteiger partial charge in [0.05, 0.1) is 41.8 Å². The van der Waals surface area contributed by atoms with Crippen LogP contribution in [-0.4, -0.2) is 35.0 Å². The third-order valence-electron chi connectivity index (χ3n) is 4.87. The Bertz CT molecular complexity index is 1400. The minimum Gasteiger partial charge on any atom is -0.493 e. The number of carbonyl (C=O) groups excluding carboxylic acids is 1. The van der Waals surface area contributed by atoms with E-state index in [0.717, 1.165) is 24.3 Å². The van der Waals surface area contributed by atoms with Crippen LogP contribution >= 0.6 is 0 Å². The molecule has 3 aromatic carbocycles. The van der Waals surface area contributed by atoms with Gasteiger partial charge in [-0.15, -0.1) is 0 Å². The number of imidazole rings is 1. The Hall–Kier alpha value is -4.54. The highest BCUT2D eigenvalue weighted by Gasteiger charge is 2.25. The fourth-order valence-electron chi connectivity index (χ4n) is 3.29. The zero-order chi connectivity index (χ0) is 23.7. The van der Waals surface area contributed by atoms with Crippen LogP contribution in [0.4, 0.5) is 20.2 Å². The largest absolute Gasteiger partial charge is 0.493 e. The number of H-pyrrole nitrogens is 1. The van der Waals surface area contributed by atoms with E-state index in [2.05, 4.69) is 15.3 Å². The first-order valence-corrected chi connectivity index (χ1v) is 9.47. The SMILES string of the molecule is COc1cc(C(=O)Nc2ccc3nc(-c4cc(F)ccc4F)[nH]c3c2)c([N+](=O)[O-])cc1OC. The number of nitrogens with one attached hydrogen (secondary N) is 2. The second kappa shape index (κ2) is 8.54. The summed E-state index contributed by atoms with van der Waals surface area (Å²) in [6, 6.07) is 9.95. The van der Waals surface area contributed by atoms with Gasteiger partial charge < -0.3 is 19.8 Å². The summed E-state index contributed by atoms with van der Waals surface area (Å²) in [5.41, 5.74) is 0.447. The van der Waals surface area contributed by atoms with E-state index in [9.17, 15) is 23.7 Å². The number of aromatic amines is 1. The van der Waals surface area contributed by atoms with E-state index in [1.165, 1.54) is 32.4 Å². The van der Waals surface area contributed by atoms with Crippen molar-refractivity contribution in [2.75, 3.05) is 19.5 Å². The Balaban J connectivity index is 1.68. The Kier molecular flexibility index (Phi) is 5.61. The highest BCUT2D eigenvalue weighted by atomic mass is 19.1. The van der Waals surface area contributed by atoms with Gasteiger partial charge >= 0.3 is 0 Å². The van der Waals surface area contributed by atoms with Gasteiger partial charge in [0, 0.05) is 11.8 Å². The molecule has 0 saturated heterocycles. The molecule has 0 aliphatic carbocycles. The third kappa shape index (κ3) is 4.15. The lowest BCUT2D eigenvalue weighted by molar-refractivity contribution is -0.385. The van der Waals surface area contributed by atoms with E-state index >= 15 is 0 Å². The molecule has 0 bridgehead atoms. The van der Waals surface area contributed by atoms with Gasteiger partial charge in [0.1, 0.15) is 23.0 Å². The molecule has 9 nitrogen and oxygen atoms in total. The summed E-state index contributed by atoms with van der Waals surface area (Å²) in [6.45, 7) is 0. The Morgan fingerprint density at radius 2 is 1.79 bits per heavy atom. The molecule has 0 saturated carbocycles. The molecule has 1 amide bonds. The molecule has 0 spiro atoms. The molecule has 4 aromatic rings. The molecule has 0 unspecified atom stereocenters. The lowest BCUT2D eigenvalue weighted by Crippen LogP contribution is -2.14. The van der Waals surface area contributed by atoms with E-state index in [0.29, 0.717) is 16.7 Å². The minimum atomic E-state index is -0.752. The topological polar surface area (TPSA) is 119 Å². The molecule has 0 aliphatic heterocycles. The van der Waals surface area contributed by atoms with Gasteiger partial charge in [-0.05, 0) is 36.4 Å². The van der Waals surface area contributed by atoms with Crippen LogP contribution in [0, 0.1) is 21.7 Å². The maximum atomic E-state index is 14.1. The molecule has 11 heteroatoms. The van der Waals surface area contributed by atoms with Crippen molar-refractivity contribution in [2.24, 2.45) is 0 Å². The number of anilines is 1.